The number of carboxylic acid groups (broad SMARTS) is 1. The number of aliphatic carboxylic acids is 1. The predicted octanol–water partition coefficient (Wildman–Crippen LogP) is 6.80. The minimum Gasteiger partial charge on any atom is -0.479 e. The van der Waals surface area contributed by atoms with Crippen LogP contribution in [0.5, 0.6) is 0 Å². The van der Waals surface area contributed by atoms with E-state index in [0.717, 1.165) is 38.7 Å². The summed E-state index contributed by atoms with van der Waals surface area (Å²) in [4.78, 5) is 12.1. The van der Waals surface area contributed by atoms with Crippen LogP contribution in [-0.4, -0.2) is 26.9 Å². The number of halogens is 1. The molecule has 0 amide bonds. The lowest BCUT2D eigenvalue weighted by atomic mass is 9.90. The van der Waals surface area contributed by atoms with E-state index >= 15 is 0 Å². The van der Waals surface area contributed by atoms with E-state index in [1.165, 1.54) is 0 Å². The number of nitrogens with one attached hydrogen (secondary N) is 1. The molecule has 1 aromatic heterocycles. The molecule has 0 saturated carbocycles. The molecular weight excluding hydrogens is 424 g/mol. The monoisotopic (exact) mass is 448 g/mol. The van der Waals surface area contributed by atoms with Crippen LogP contribution in [0.15, 0.2) is 60.8 Å². The third kappa shape index (κ3) is 4.54. The molecule has 0 fully saturated rings. The van der Waals surface area contributed by atoms with Gasteiger partial charge in [0, 0.05) is 16.8 Å². The third-order valence-electron chi connectivity index (χ3n) is 5.28. The fourth-order valence-electron chi connectivity index (χ4n) is 3.87. The molecule has 4 aromatic rings. The van der Waals surface area contributed by atoms with Gasteiger partial charge in [0.2, 0.25) is 0 Å². The second-order valence-corrected chi connectivity index (χ2v) is 9.32. The lowest BCUT2D eigenvalue weighted by Gasteiger charge is -2.26. The molecule has 5 nitrogen and oxygen atoms in total. The first-order chi connectivity index (χ1) is 15.1. The van der Waals surface area contributed by atoms with Crippen molar-refractivity contribution in [2.45, 2.75) is 39.4 Å². The van der Waals surface area contributed by atoms with Gasteiger partial charge in [-0.1, -0.05) is 29.8 Å². The molecule has 4 rings (SSSR count). The highest BCUT2D eigenvalue weighted by Crippen LogP contribution is 2.38. The molecule has 2 N–H and O–H groups in total. The van der Waals surface area contributed by atoms with E-state index in [9.17, 15) is 9.90 Å². The Labute approximate surface area is 192 Å². The van der Waals surface area contributed by atoms with E-state index in [2.05, 4.69) is 22.3 Å². The van der Waals surface area contributed by atoms with Crippen LogP contribution in [0.2, 0.25) is 5.02 Å². The van der Waals surface area contributed by atoms with Gasteiger partial charge in [0.15, 0.2) is 6.10 Å². The van der Waals surface area contributed by atoms with Crippen molar-refractivity contribution in [3.63, 3.8) is 0 Å². The first kappa shape index (κ1) is 22.1. The number of benzene rings is 3. The number of fused-ring (bicyclic) bond motifs is 1. The molecule has 0 aliphatic rings. The zero-order chi connectivity index (χ0) is 23.0. The van der Waals surface area contributed by atoms with Gasteiger partial charge in [0.1, 0.15) is 0 Å². The molecule has 164 valence electrons. The number of aromatic nitrogens is 2. The standard InChI is InChI=1S/C26H25ClN2O3/c1-15-11-17-12-18(23-9-10-28-29-23)13-21(16-5-7-19(27)8-6-16)22(17)14-20(15)24(25(30)31)32-26(2,3)4/h5-14,24H,1-4H3,(H,28,29)(H,30,31)/t24-/m0/s1. The highest BCUT2D eigenvalue weighted by atomic mass is 35.5. The Morgan fingerprint density at radius 3 is 2.38 bits per heavy atom. The van der Waals surface area contributed by atoms with Gasteiger partial charge in [-0.3, -0.25) is 5.10 Å². The quantitative estimate of drug-likeness (QED) is 0.352. The minimum atomic E-state index is -1.07. The van der Waals surface area contributed by atoms with Gasteiger partial charge in [-0.2, -0.15) is 5.10 Å². The van der Waals surface area contributed by atoms with E-state index < -0.39 is 17.7 Å². The molecular formula is C26H25ClN2O3. The number of aryl methyl sites for hydroxylation is 1. The summed E-state index contributed by atoms with van der Waals surface area (Å²) in [6, 6.07) is 17.7. The summed E-state index contributed by atoms with van der Waals surface area (Å²) in [7, 11) is 0. The molecule has 0 radical (unpaired) electrons. The van der Waals surface area contributed by atoms with E-state index in [1.807, 2.05) is 70.2 Å². The van der Waals surface area contributed by atoms with Crippen LogP contribution in [0.4, 0.5) is 0 Å². The van der Waals surface area contributed by atoms with Crippen LogP contribution in [0.1, 0.15) is 38.0 Å². The Morgan fingerprint density at radius 2 is 1.78 bits per heavy atom. The van der Waals surface area contributed by atoms with Crippen molar-refractivity contribution in [3.05, 3.63) is 76.9 Å². The van der Waals surface area contributed by atoms with Crippen molar-refractivity contribution in [1.82, 2.24) is 10.2 Å². The number of aromatic amines is 1. The summed E-state index contributed by atoms with van der Waals surface area (Å²) in [5, 5.41) is 19.6. The van der Waals surface area contributed by atoms with Crippen molar-refractivity contribution in [3.8, 4) is 22.4 Å². The number of hydrogen-bond acceptors (Lipinski definition) is 3. The summed E-state index contributed by atoms with van der Waals surface area (Å²) in [6.45, 7) is 7.49. The number of hydrogen-bond donors (Lipinski definition) is 2. The number of nitrogens with zero attached hydrogens (tertiary/aromatic N) is 1. The normalized spacial score (nSPS) is 12.8. The molecule has 0 unspecified atom stereocenters. The maximum absolute atomic E-state index is 12.1. The molecule has 3 aromatic carbocycles. The molecule has 0 saturated heterocycles. The maximum atomic E-state index is 12.1. The maximum Gasteiger partial charge on any atom is 0.337 e. The number of ether oxygens (including phenoxy) is 1. The smallest absolute Gasteiger partial charge is 0.337 e. The summed E-state index contributed by atoms with van der Waals surface area (Å²) in [5.41, 5.74) is 4.76. The molecule has 0 spiro atoms. The number of H-pyrrole nitrogens is 1. The zero-order valence-corrected chi connectivity index (χ0v) is 19.2. The Balaban J connectivity index is 1.98. The third-order valence-corrected chi connectivity index (χ3v) is 5.54. The van der Waals surface area contributed by atoms with Crippen molar-refractivity contribution in [2.75, 3.05) is 0 Å². The molecule has 6 heteroatoms. The number of carboxylic acids is 1. The van der Waals surface area contributed by atoms with Gasteiger partial charge in [-0.25, -0.2) is 4.79 Å². The fraction of sp³-hybridized carbons (Fsp3) is 0.231. The number of carbonyl (C=O) groups is 1. The molecule has 0 bridgehead atoms. The second-order valence-electron chi connectivity index (χ2n) is 8.88. The van der Waals surface area contributed by atoms with E-state index in [1.54, 1.807) is 6.20 Å². The molecule has 0 aliphatic carbocycles. The largest absolute Gasteiger partial charge is 0.479 e. The van der Waals surface area contributed by atoms with E-state index in [4.69, 9.17) is 16.3 Å². The molecule has 0 aliphatic heterocycles. The van der Waals surface area contributed by atoms with Gasteiger partial charge in [0.25, 0.3) is 0 Å². The highest BCUT2D eigenvalue weighted by Gasteiger charge is 2.28. The van der Waals surface area contributed by atoms with Crippen LogP contribution in [0, 0.1) is 6.92 Å². The highest BCUT2D eigenvalue weighted by molar-refractivity contribution is 6.30. The summed E-state index contributed by atoms with van der Waals surface area (Å²) in [6.07, 6.45) is 0.654. The van der Waals surface area contributed by atoms with Crippen molar-refractivity contribution in [2.24, 2.45) is 0 Å². The van der Waals surface area contributed by atoms with Crippen LogP contribution in [-0.2, 0) is 9.53 Å². The topological polar surface area (TPSA) is 75.2 Å². The van der Waals surface area contributed by atoms with Crippen LogP contribution in [0.3, 0.4) is 0 Å². The average molecular weight is 449 g/mol. The van der Waals surface area contributed by atoms with Gasteiger partial charge in [-0.05, 0) is 97.1 Å². The Bertz CT molecular complexity index is 1270. The summed E-state index contributed by atoms with van der Waals surface area (Å²) in [5.74, 6) is -1.01. The van der Waals surface area contributed by atoms with Crippen LogP contribution >= 0.6 is 11.6 Å². The fourth-order valence-corrected chi connectivity index (χ4v) is 3.99. The van der Waals surface area contributed by atoms with Crippen molar-refractivity contribution >= 4 is 28.3 Å². The average Bonchev–Trinajstić information content (AvgIpc) is 3.25. The molecule has 1 heterocycles. The van der Waals surface area contributed by atoms with Crippen molar-refractivity contribution in [1.29, 1.82) is 0 Å². The van der Waals surface area contributed by atoms with Gasteiger partial charge >= 0.3 is 5.97 Å². The summed E-state index contributed by atoms with van der Waals surface area (Å²) >= 11 is 6.12. The van der Waals surface area contributed by atoms with Gasteiger partial charge in [-0.15, -0.1) is 0 Å². The van der Waals surface area contributed by atoms with Crippen molar-refractivity contribution < 1.29 is 14.6 Å². The first-order valence-corrected chi connectivity index (χ1v) is 10.7. The Hall–Kier alpha value is -3.15. The van der Waals surface area contributed by atoms with E-state index in [-0.39, 0.29) is 0 Å². The zero-order valence-electron chi connectivity index (χ0n) is 18.4. The lowest BCUT2D eigenvalue weighted by molar-refractivity contribution is -0.160. The summed E-state index contributed by atoms with van der Waals surface area (Å²) < 4.78 is 5.93. The van der Waals surface area contributed by atoms with Crippen LogP contribution in [0.25, 0.3) is 33.2 Å². The van der Waals surface area contributed by atoms with E-state index in [0.29, 0.717) is 10.6 Å². The van der Waals surface area contributed by atoms with Gasteiger partial charge in [0.05, 0.1) is 11.3 Å². The predicted molar refractivity (Wildman–Crippen MR) is 128 cm³/mol. The molecule has 1 atom stereocenters. The Morgan fingerprint density at radius 1 is 1.06 bits per heavy atom. The Kier molecular flexibility index (Phi) is 5.80. The first-order valence-electron chi connectivity index (χ1n) is 10.4. The SMILES string of the molecule is Cc1cc2cc(-c3ccn[nH]3)cc(-c3ccc(Cl)cc3)c2cc1[C@H](OC(C)(C)C)C(=O)O. The molecule has 32 heavy (non-hydrogen) atoms. The van der Waals surface area contributed by atoms with Crippen LogP contribution < -0.4 is 0 Å². The number of rotatable bonds is 5. The minimum absolute atomic E-state index is 0.603. The second kappa shape index (κ2) is 8.41. The lowest BCUT2D eigenvalue weighted by Crippen LogP contribution is -2.27. The van der Waals surface area contributed by atoms with Gasteiger partial charge < -0.3 is 9.84 Å².